The van der Waals surface area contributed by atoms with Gasteiger partial charge in [0, 0.05) is 11.4 Å². The monoisotopic (exact) mass is 374 g/mol. The number of amides is 1. The molecule has 1 aromatic heterocycles. The molecule has 27 heavy (non-hydrogen) atoms. The van der Waals surface area contributed by atoms with Gasteiger partial charge in [-0.1, -0.05) is 62.2 Å². The van der Waals surface area contributed by atoms with Crippen molar-refractivity contribution in [2.45, 2.75) is 26.2 Å². The number of hydrogen-bond donors (Lipinski definition) is 1. The highest BCUT2D eigenvalue weighted by molar-refractivity contribution is 7.11. The number of carbonyl (C=O) groups excluding carboxylic acids is 1. The van der Waals surface area contributed by atoms with E-state index >= 15 is 0 Å². The van der Waals surface area contributed by atoms with E-state index in [4.69, 9.17) is 0 Å². The van der Waals surface area contributed by atoms with Crippen LogP contribution < -0.4 is 5.32 Å². The van der Waals surface area contributed by atoms with E-state index in [0.717, 1.165) is 35.3 Å². The molecule has 0 radical (unpaired) electrons. The number of nitriles is 1. The highest BCUT2D eigenvalue weighted by Gasteiger charge is 2.10. The zero-order valence-corrected chi connectivity index (χ0v) is 16.2. The number of nitrogens with one attached hydrogen (secondary N) is 1. The summed E-state index contributed by atoms with van der Waals surface area (Å²) < 4.78 is 0. The van der Waals surface area contributed by atoms with Crippen LogP contribution in [0.3, 0.4) is 0 Å². The molecule has 1 heterocycles. The fourth-order valence-corrected chi connectivity index (χ4v) is 3.85. The molecule has 0 saturated carbocycles. The maximum Gasteiger partial charge on any atom is 0.261 e. The second kappa shape index (κ2) is 9.16. The Morgan fingerprint density at radius 2 is 2.00 bits per heavy atom. The van der Waals surface area contributed by atoms with Crippen molar-refractivity contribution in [1.82, 2.24) is 5.32 Å². The predicted molar refractivity (Wildman–Crippen MR) is 113 cm³/mol. The number of rotatable bonds is 7. The maximum atomic E-state index is 12.2. The van der Waals surface area contributed by atoms with E-state index in [-0.39, 0.29) is 11.5 Å². The molecule has 0 aliphatic heterocycles. The molecule has 0 unspecified atom stereocenters. The molecule has 2 aromatic carbocycles. The number of benzene rings is 2. The fraction of sp³-hybridized carbons (Fsp3) is 0.217. The van der Waals surface area contributed by atoms with Crippen LogP contribution >= 0.6 is 11.3 Å². The van der Waals surface area contributed by atoms with E-state index in [2.05, 4.69) is 48.0 Å². The van der Waals surface area contributed by atoms with Crippen LogP contribution in [0.4, 0.5) is 0 Å². The van der Waals surface area contributed by atoms with E-state index in [0.29, 0.717) is 6.54 Å². The standard InChI is InChI=1S/C23H22N2OS/c1-2-3-6-12-25-23(26)18(15-24)13-20-14-19(16-27-20)22-11-7-9-17-8-4-5-10-21(17)22/h4-5,7-11,13-14,16H,2-3,6,12H2,1H3,(H,25,26)/b18-13+. The van der Waals surface area contributed by atoms with E-state index in [1.165, 1.54) is 22.1 Å². The summed E-state index contributed by atoms with van der Waals surface area (Å²) in [5.74, 6) is -0.297. The fourth-order valence-electron chi connectivity index (χ4n) is 3.01. The Hall–Kier alpha value is -2.90. The molecule has 1 amide bonds. The van der Waals surface area contributed by atoms with Gasteiger partial charge in [-0.25, -0.2) is 0 Å². The van der Waals surface area contributed by atoms with E-state index < -0.39 is 0 Å². The van der Waals surface area contributed by atoms with Crippen LogP contribution in [0.1, 0.15) is 31.1 Å². The van der Waals surface area contributed by atoms with Gasteiger partial charge in [0.25, 0.3) is 5.91 Å². The molecule has 0 fully saturated rings. The number of unbranched alkanes of at least 4 members (excludes halogenated alkanes) is 2. The molecule has 0 atom stereocenters. The van der Waals surface area contributed by atoms with Crippen molar-refractivity contribution in [3.63, 3.8) is 0 Å². The Morgan fingerprint density at radius 1 is 1.19 bits per heavy atom. The van der Waals surface area contributed by atoms with Gasteiger partial charge >= 0.3 is 0 Å². The highest BCUT2D eigenvalue weighted by atomic mass is 32.1. The lowest BCUT2D eigenvalue weighted by molar-refractivity contribution is -0.117. The quantitative estimate of drug-likeness (QED) is 0.324. The third-order valence-corrected chi connectivity index (χ3v) is 5.32. The van der Waals surface area contributed by atoms with Crippen LogP contribution in [0.2, 0.25) is 0 Å². The third-order valence-electron chi connectivity index (χ3n) is 4.44. The number of thiophene rings is 1. The van der Waals surface area contributed by atoms with E-state index in [1.54, 1.807) is 6.08 Å². The van der Waals surface area contributed by atoms with Gasteiger partial charge in [0.2, 0.25) is 0 Å². The van der Waals surface area contributed by atoms with Crippen LogP contribution in [-0.4, -0.2) is 12.5 Å². The first-order valence-corrected chi connectivity index (χ1v) is 10.1. The van der Waals surface area contributed by atoms with Gasteiger partial charge in [0.15, 0.2) is 0 Å². The number of fused-ring (bicyclic) bond motifs is 1. The molecule has 3 nitrogen and oxygen atoms in total. The molecule has 3 aromatic rings. The summed E-state index contributed by atoms with van der Waals surface area (Å²) in [6, 6.07) is 18.6. The summed E-state index contributed by atoms with van der Waals surface area (Å²) in [7, 11) is 0. The summed E-state index contributed by atoms with van der Waals surface area (Å²) in [6.07, 6.45) is 4.79. The first-order chi connectivity index (χ1) is 13.2. The van der Waals surface area contributed by atoms with Crippen LogP contribution in [0, 0.1) is 11.3 Å². The van der Waals surface area contributed by atoms with Crippen molar-refractivity contribution in [2.75, 3.05) is 6.54 Å². The van der Waals surface area contributed by atoms with Gasteiger partial charge in [-0.2, -0.15) is 5.26 Å². The molecular weight excluding hydrogens is 352 g/mol. The van der Waals surface area contributed by atoms with E-state index in [1.807, 2.05) is 24.3 Å². The third kappa shape index (κ3) is 4.64. The molecular formula is C23H22N2OS. The zero-order chi connectivity index (χ0) is 19.1. The van der Waals surface area contributed by atoms with Crippen molar-refractivity contribution in [3.8, 4) is 17.2 Å². The summed E-state index contributed by atoms with van der Waals surface area (Å²) in [5, 5.41) is 16.6. The van der Waals surface area contributed by atoms with Crippen molar-refractivity contribution >= 4 is 34.1 Å². The first-order valence-electron chi connectivity index (χ1n) is 9.19. The van der Waals surface area contributed by atoms with Crippen molar-refractivity contribution in [2.24, 2.45) is 0 Å². The molecule has 136 valence electrons. The van der Waals surface area contributed by atoms with Crippen molar-refractivity contribution < 1.29 is 4.79 Å². The highest BCUT2D eigenvalue weighted by Crippen LogP contribution is 2.32. The van der Waals surface area contributed by atoms with Gasteiger partial charge in [-0.05, 0) is 45.8 Å². The second-order valence-corrected chi connectivity index (χ2v) is 7.34. The van der Waals surface area contributed by atoms with Gasteiger partial charge in [-0.3, -0.25) is 4.79 Å². The lowest BCUT2D eigenvalue weighted by atomic mass is 10.00. The minimum atomic E-state index is -0.297. The second-order valence-electron chi connectivity index (χ2n) is 6.40. The van der Waals surface area contributed by atoms with Gasteiger partial charge in [0.1, 0.15) is 11.6 Å². The topological polar surface area (TPSA) is 52.9 Å². The average Bonchev–Trinajstić information content (AvgIpc) is 3.17. The summed E-state index contributed by atoms with van der Waals surface area (Å²) in [6.45, 7) is 2.73. The Bertz CT molecular complexity index is 1010. The van der Waals surface area contributed by atoms with Crippen LogP contribution in [-0.2, 0) is 4.79 Å². The summed E-state index contributed by atoms with van der Waals surface area (Å²) in [5.41, 5.74) is 2.41. The first kappa shape index (κ1) is 18.9. The molecule has 0 aliphatic carbocycles. The molecule has 0 aliphatic rings. The summed E-state index contributed by atoms with van der Waals surface area (Å²) in [4.78, 5) is 13.1. The van der Waals surface area contributed by atoms with Crippen LogP contribution in [0.15, 0.2) is 59.5 Å². The van der Waals surface area contributed by atoms with Gasteiger partial charge < -0.3 is 5.32 Å². The predicted octanol–water partition coefficient (Wildman–Crippen LogP) is 5.78. The van der Waals surface area contributed by atoms with Gasteiger partial charge in [0.05, 0.1) is 0 Å². The molecule has 0 bridgehead atoms. The van der Waals surface area contributed by atoms with Crippen molar-refractivity contribution in [3.05, 3.63) is 64.4 Å². The Labute approximate surface area is 164 Å². The van der Waals surface area contributed by atoms with Crippen LogP contribution in [0.5, 0.6) is 0 Å². The Balaban J connectivity index is 1.81. The normalized spacial score (nSPS) is 11.3. The molecule has 1 N–H and O–H groups in total. The van der Waals surface area contributed by atoms with Crippen LogP contribution in [0.25, 0.3) is 28.0 Å². The van der Waals surface area contributed by atoms with Gasteiger partial charge in [-0.15, -0.1) is 11.3 Å². The largest absolute Gasteiger partial charge is 0.351 e. The Morgan fingerprint density at radius 3 is 2.81 bits per heavy atom. The minimum absolute atomic E-state index is 0.151. The lowest BCUT2D eigenvalue weighted by Gasteiger charge is -2.04. The smallest absolute Gasteiger partial charge is 0.261 e. The molecule has 0 saturated heterocycles. The molecule has 0 spiro atoms. The molecule has 4 heteroatoms. The average molecular weight is 375 g/mol. The Kier molecular flexibility index (Phi) is 6.40. The summed E-state index contributed by atoms with van der Waals surface area (Å²) >= 11 is 1.54. The minimum Gasteiger partial charge on any atom is -0.351 e. The van der Waals surface area contributed by atoms with E-state index in [9.17, 15) is 10.1 Å². The lowest BCUT2D eigenvalue weighted by Crippen LogP contribution is -2.25. The number of nitrogens with zero attached hydrogens (tertiary/aromatic N) is 1. The zero-order valence-electron chi connectivity index (χ0n) is 15.4. The number of hydrogen-bond acceptors (Lipinski definition) is 3. The maximum absolute atomic E-state index is 12.2. The van der Waals surface area contributed by atoms with Crippen molar-refractivity contribution in [1.29, 1.82) is 5.26 Å². The SMILES string of the molecule is CCCCCNC(=O)/C(C#N)=C/c1cc(-c2cccc3ccccc23)cs1. The molecule has 3 rings (SSSR count). The number of carbonyl (C=O) groups is 1.